The van der Waals surface area contributed by atoms with E-state index in [-0.39, 0.29) is 53.7 Å². The maximum Gasteiger partial charge on any atom is 0.410 e. The first kappa shape index (κ1) is 36.4. The molecule has 0 aliphatic carbocycles. The average molecular weight is 621 g/mol. The van der Waals surface area contributed by atoms with Crippen LogP contribution >= 0.6 is 0 Å². The molecule has 1 aliphatic rings. The molecule has 44 heavy (non-hydrogen) atoms. The third-order valence-electron chi connectivity index (χ3n) is 5.98. The number of likely N-dealkylation sites (tertiary alicyclic amines) is 1. The van der Waals surface area contributed by atoms with Gasteiger partial charge >= 0.3 is 18.0 Å². The number of hydrogen-bond acceptors (Lipinski definition) is 10. The minimum Gasteiger partial charge on any atom is -0.478 e. The number of carbonyl (C=O) groups is 5. The Labute approximate surface area is 260 Å². The molecule has 0 atom stereocenters. The lowest BCUT2D eigenvalue weighted by molar-refractivity contribution is -0.158. The van der Waals surface area contributed by atoms with E-state index in [1.165, 1.54) is 18.2 Å². The second-order valence-electron chi connectivity index (χ2n) is 13.7. The van der Waals surface area contributed by atoms with Crippen LogP contribution < -0.4 is 14.8 Å². The number of nitrogens with zero attached hydrogens (tertiary/aromatic N) is 1. The molecule has 1 fully saturated rings. The van der Waals surface area contributed by atoms with Crippen molar-refractivity contribution in [3.63, 3.8) is 0 Å². The van der Waals surface area contributed by atoms with Gasteiger partial charge in [-0.2, -0.15) is 0 Å². The van der Waals surface area contributed by atoms with Crippen LogP contribution in [0.2, 0.25) is 0 Å². The van der Waals surface area contributed by atoms with Crippen molar-refractivity contribution in [1.29, 1.82) is 0 Å². The normalized spacial score (nSPS) is 14.3. The van der Waals surface area contributed by atoms with Crippen molar-refractivity contribution in [2.24, 2.45) is 5.92 Å². The first-order valence-electron chi connectivity index (χ1n) is 14.8. The number of hydrogen-bond donors (Lipinski definition) is 1. The number of amides is 2. The van der Waals surface area contributed by atoms with Crippen LogP contribution in [-0.2, 0) is 28.6 Å². The minimum absolute atomic E-state index is 0.0494. The number of nitrogens with one attached hydrogen (secondary N) is 1. The van der Waals surface area contributed by atoms with Gasteiger partial charge < -0.3 is 33.9 Å². The van der Waals surface area contributed by atoms with Gasteiger partial charge in [-0.15, -0.1) is 0 Å². The van der Waals surface area contributed by atoms with Gasteiger partial charge in [-0.25, -0.2) is 14.4 Å². The number of ether oxygens (including phenoxy) is 5. The highest BCUT2D eigenvalue weighted by atomic mass is 16.6. The van der Waals surface area contributed by atoms with Crippen LogP contribution in [0.3, 0.4) is 0 Å². The highest BCUT2D eigenvalue weighted by molar-refractivity contribution is 5.99. The zero-order valence-electron chi connectivity index (χ0n) is 27.5. The molecule has 0 bridgehead atoms. The van der Waals surface area contributed by atoms with Gasteiger partial charge in [0.25, 0.3) is 0 Å². The summed E-state index contributed by atoms with van der Waals surface area (Å²) < 4.78 is 27.1. The predicted octanol–water partition coefficient (Wildman–Crippen LogP) is 4.46. The fraction of sp³-hybridized carbons (Fsp3) is 0.656. The summed E-state index contributed by atoms with van der Waals surface area (Å²) in [4.78, 5) is 63.8. The van der Waals surface area contributed by atoms with E-state index in [4.69, 9.17) is 23.7 Å². The van der Waals surface area contributed by atoms with E-state index >= 15 is 0 Å². The van der Waals surface area contributed by atoms with Crippen LogP contribution in [0, 0.1) is 5.92 Å². The van der Waals surface area contributed by atoms with E-state index in [1.807, 2.05) is 20.8 Å². The quantitative estimate of drug-likeness (QED) is 0.214. The highest BCUT2D eigenvalue weighted by Gasteiger charge is 2.28. The minimum atomic E-state index is -0.721. The number of benzene rings is 1. The van der Waals surface area contributed by atoms with Crippen LogP contribution in [0.5, 0.6) is 11.5 Å². The molecular formula is C32H48N2O10. The van der Waals surface area contributed by atoms with E-state index < -0.39 is 42.0 Å². The predicted molar refractivity (Wildman–Crippen MR) is 162 cm³/mol. The van der Waals surface area contributed by atoms with Gasteiger partial charge in [-0.1, -0.05) is 0 Å². The van der Waals surface area contributed by atoms with Crippen LogP contribution in [0.25, 0.3) is 0 Å². The summed E-state index contributed by atoms with van der Waals surface area (Å²) in [6, 6.07) is 4.31. The fourth-order valence-electron chi connectivity index (χ4n) is 4.19. The number of ketones is 1. The molecule has 2 amide bonds. The summed E-state index contributed by atoms with van der Waals surface area (Å²) in [5.41, 5.74) is -1.78. The molecule has 0 unspecified atom stereocenters. The Morgan fingerprint density at radius 3 is 1.75 bits per heavy atom. The molecule has 246 valence electrons. The van der Waals surface area contributed by atoms with Crippen molar-refractivity contribution in [3.05, 3.63) is 23.8 Å². The second kappa shape index (κ2) is 15.3. The molecule has 12 heteroatoms. The van der Waals surface area contributed by atoms with E-state index in [0.717, 1.165) is 0 Å². The molecule has 2 rings (SSSR count). The summed E-state index contributed by atoms with van der Waals surface area (Å²) in [5, 5.41) is 2.66. The van der Waals surface area contributed by atoms with Gasteiger partial charge in [0, 0.05) is 25.1 Å². The van der Waals surface area contributed by atoms with Crippen LogP contribution in [0.4, 0.5) is 4.79 Å². The smallest absolute Gasteiger partial charge is 0.410 e. The van der Waals surface area contributed by atoms with Crippen LogP contribution in [0.1, 0.15) is 91.9 Å². The maximum atomic E-state index is 13.0. The Kier molecular flexibility index (Phi) is 12.6. The van der Waals surface area contributed by atoms with Crippen molar-refractivity contribution >= 4 is 29.7 Å². The van der Waals surface area contributed by atoms with Gasteiger partial charge in [-0.3, -0.25) is 9.59 Å². The number of rotatable bonds is 11. The van der Waals surface area contributed by atoms with Gasteiger partial charge in [0.2, 0.25) is 5.91 Å². The Morgan fingerprint density at radius 2 is 1.25 bits per heavy atom. The Balaban J connectivity index is 1.97. The van der Waals surface area contributed by atoms with Crippen LogP contribution in [-0.4, -0.2) is 84.3 Å². The van der Waals surface area contributed by atoms with Gasteiger partial charge in [0.15, 0.2) is 30.5 Å². The Morgan fingerprint density at radius 1 is 0.750 bits per heavy atom. The summed E-state index contributed by atoms with van der Waals surface area (Å²) in [6.45, 7) is 15.7. The lowest BCUT2D eigenvalue weighted by Gasteiger charge is -2.33. The molecule has 0 saturated carbocycles. The molecule has 1 heterocycles. The lowest BCUT2D eigenvalue weighted by atomic mass is 9.93. The van der Waals surface area contributed by atoms with E-state index in [0.29, 0.717) is 25.9 Å². The summed E-state index contributed by atoms with van der Waals surface area (Å²) in [6.07, 6.45) is 1.19. The Hall–Kier alpha value is -3.83. The van der Waals surface area contributed by atoms with Gasteiger partial charge in [0.05, 0.1) is 6.54 Å². The van der Waals surface area contributed by atoms with Crippen molar-refractivity contribution in [2.45, 2.75) is 98.4 Å². The van der Waals surface area contributed by atoms with Crippen molar-refractivity contribution in [1.82, 2.24) is 10.2 Å². The van der Waals surface area contributed by atoms with Crippen molar-refractivity contribution in [3.8, 4) is 11.5 Å². The second-order valence-corrected chi connectivity index (χ2v) is 13.7. The Bertz CT molecular complexity index is 1180. The molecule has 0 aromatic heterocycles. The highest BCUT2D eigenvalue weighted by Crippen LogP contribution is 2.29. The maximum absolute atomic E-state index is 13.0. The summed E-state index contributed by atoms with van der Waals surface area (Å²) >= 11 is 0. The zero-order chi connectivity index (χ0) is 33.3. The topological polar surface area (TPSA) is 147 Å². The van der Waals surface area contributed by atoms with E-state index in [2.05, 4.69) is 5.32 Å². The number of esters is 2. The molecular weight excluding hydrogens is 572 g/mol. The zero-order valence-corrected chi connectivity index (χ0v) is 27.5. The molecule has 1 aliphatic heterocycles. The molecule has 1 aromatic rings. The average Bonchev–Trinajstić information content (AvgIpc) is 2.87. The lowest BCUT2D eigenvalue weighted by Crippen LogP contribution is -2.42. The first-order valence-corrected chi connectivity index (χ1v) is 14.8. The first-order chi connectivity index (χ1) is 20.2. The third kappa shape index (κ3) is 14.1. The van der Waals surface area contributed by atoms with E-state index in [9.17, 15) is 24.0 Å². The number of piperidine rings is 1. The van der Waals surface area contributed by atoms with Crippen molar-refractivity contribution < 1.29 is 47.7 Å². The SMILES string of the molecule is CC(C)(C)OC(=O)COc1ccc(C(=O)CNC(=O)CC2CCN(C(=O)OC(C)(C)C)CC2)cc1OCC(=O)OC(C)(C)C. The number of carbonyl (C=O) groups excluding carboxylic acids is 5. The van der Waals surface area contributed by atoms with Gasteiger partial charge in [0.1, 0.15) is 16.8 Å². The van der Waals surface area contributed by atoms with Crippen LogP contribution in [0.15, 0.2) is 18.2 Å². The molecule has 1 saturated heterocycles. The molecule has 0 radical (unpaired) electrons. The summed E-state index contributed by atoms with van der Waals surface area (Å²) in [5.74, 6) is -1.64. The standard InChI is InChI=1S/C32H48N2O10/c1-30(2,3)42-27(37)19-40-24-11-10-22(17-25(24)41-20-28(38)43-31(4,5)6)23(35)18-33-26(36)16-21-12-14-34(15-13-21)29(39)44-32(7,8)9/h10-11,17,21H,12-16,18-20H2,1-9H3,(H,33,36). The van der Waals surface area contributed by atoms with Crippen molar-refractivity contribution in [2.75, 3.05) is 32.8 Å². The molecule has 1 N–H and O–H groups in total. The molecule has 12 nitrogen and oxygen atoms in total. The molecule has 1 aromatic carbocycles. The summed E-state index contributed by atoms with van der Waals surface area (Å²) in [7, 11) is 0. The number of Topliss-reactive ketones (excluding diaryl/α,β-unsaturated/α-hetero) is 1. The van der Waals surface area contributed by atoms with Gasteiger partial charge in [-0.05, 0) is 99.3 Å². The fourth-order valence-corrected chi connectivity index (χ4v) is 4.19. The monoisotopic (exact) mass is 620 g/mol. The van der Waals surface area contributed by atoms with E-state index in [1.54, 1.807) is 46.4 Å². The third-order valence-corrected chi connectivity index (χ3v) is 5.98. The largest absolute Gasteiger partial charge is 0.478 e. The molecule has 0 spiro atoms.